The molecule has 0 atom stereocenters. The number of Topliss-reactive ketones (excluding diaryl/α,β-unsaturated/α-hetero) is 1. The monoisotopic (exact) mass is 284 g/mol. The van der Waals surface area contributed by atoms with E-state index in [1.165, 1.54) is 0 Å². The Kier molecular flexibility index (Phi) is 2.96. The minimum absolute atomic E-state index is 0.351. The van der Waals surface area contributed by atoms with Crippen LogP contribution in [0.4, 0.5) is 0 Å². The average Bonchev–Trinajstić information content (AvgIpc) is 2.62. The third-order valence-corrected chi connectivity index (χ3v) is 2.82. The Morgan fingerprint density at radius 1 is 1.44 bits per heavy atom. The van der Waals surface area contributed by atoms with Gasteiger partial charge in [-0.25, -0.2) is 0 Å². The summed E-state index contributed by atoms with van der Waals surface area (Å²) < 4.78 is 6.12. The number of ketones is 1. The van der Waals surface area contributed by atoms with E-state index in [2.05, 4.69) is 15.9 Å². The fraction of sp³-hybridized carbons (Fsp3) is 0.273. The van der Waals surface area contributed by atoms with Gasteiger partial charge in [0.15, 0.2) is 5.78 Å². The van der Waals surface area contributed by atoms with Crippen molar-refractivity contribution in [3.8, 4) is 5.75 Å². The van der Waals surface area contributed by atoms with E-state index in [0.29, 0.717) is 17.9 Å². The lowest BCUT2D eigenvalue weighted by Crippen LogP contribution is -2.08. The predicted molar refractivity (Wildman–Crippen MR) is 59.9 cm³/mol. The second kappa shape index (κ2) is 4.25. The Bertz CT molecular complexity index is 467. The van der Waals surface area contributed by atoms with Crippen LogP contribution < -0.4 is 4.74 Å². The summed E-state index contributed by atoms with van der Waals surface area (Å²) in [7, 11) is 0. The lowest BCUT2D eigenvalue weighted by Gasteiger charge is -2.06. The van der Waals surface area contributed by atoms with Gasteiger partial charge in [0.2, 0.25) is 0 Å². The van der Waals surface area contributed by atoms with E-state index >= 15 is 0 Å². The summed E-state index contributed by atoms with van der Waals surface area (Å²) in [5.41, 5.74) is 1.30. The molecule has 0 amide bonds. The Balaban J connectivity index is 2.40. The Morgan fingerprint density at radius 2 is 2.19 bits per heavy atom. The number of rotatable bonds is 3. The fourth-order valence-electron chi connectivity index (χ4n) is 1.71. The summed E-state index contributed by atoms with van der Waals surface area (Å²) >= 11 is 3.30. The molecule has 1 aromatic rings. The van der Waals surface area contributed by atoms with Gasteiger partial charge >= 0.3 is 5.97 Å². The van der Waals surface area contributed by atoms with E-state index in [-0.39, 0.29) is 0 Å². The highest BCUT2D eigenvalue weighted by molar-refractivity contribution is 9.10. The van der Waals surface area contributed by atoms with Gasteiger partial charge in [-0.15, -0.1) is 0 Å². The zero-order valence-electron chi connectivity index (χ0n) is 8.33. The number of hydrogen-bond donors (Lipinski definition) is 1. The molecule has 1 aromatic carbocycles. The van der Waals surface area contributed by atoms with Crippen molar-refractivity contribution in [2.45, 2.75) is 12.8 Å². The van der Waals surface area contributed by atoms with Gasteiger partial charge in [-0.1, -0.05) is 15.9 Å². The molecule has 2 rings (SSSR count). The number of carbonyl (C=O) groups excluding carboxylic acids is 1. The van der Waals surface area contributed by atoms with Crippen LogP contribution in [0.1, 0.15) is 22.3 Å². The van der Waals surface area contributed by atoms with Gasteiger partial charge < -0.3 is 9.84 Å². The quantitative estimate of drug-likeness (QED) is 0.682. The van der Waals surface area contributed by atoms with Crippen LogP contribution in [0.15, 0.2) is 16.6 Å². The Hall–Kier alpha value is -1.36. The van der Waals surface area contributed by atoms with Crippen molar-refractivity contribution in [2.24, 2.45) is 0 Å². The Morgan fingerprint density at radius 3 is 2.88 bits per heavy atom. The van der Waals surface area contributed by atoms with Gasteiger partial charge in [0.25, 0.3) is 0 Å². The summed E-state index contributed by atoms with van der Waals surface area (Å²) in [5, 5.41) is 8.59. The van der Waals surface area contributed by atoms with Crippen LogP contribution >= 0.6 is 15.9 Å². The highest BCUT2D eigenvalue weighted by Gasteiger charge is 2.22. The normalized spacial score (nSPS) is 13.1. The van der Waals surface area contributed by atoms with Crippen LogP contribution in [-0.4, -0.2) is 23.5 Å². The highest BCUT2D eigenvalue weighted by atomic mass is 79.9. The molecule has 16 heavy (non-hydrogen) atoms. The van der Waals surface area contributed by atoms with Crippen molar-refractivity contribution in [3.63, 3.8) is 0 Å². The maximum atomic E-state index is 11.7. The fourth-order valence-corrected chi connectivity index (χ4v) is 2.21. The SMILES string of the molecule is O=C(O)CC(=O)c1cc(Br)cc2c1OCC2. The van der Waals surface area contributed by atoms with Crippen LogP contribution in [0, 0.1) is 0 Å². The molecule has 1 aliphatic heterocycles. The number of aliphatic carboxylic acids is 1. The summed E-state index contributed by atoms with van der Waals surface area (Å²) in [4.78, 5) is 22.2. The molecule has 1 aliphatic rings. The molecule has 0 aliphatic carbocycles. The molecular weight excluding hydrogens is 276 g/mol. The minimum Gasteiger partial charge on any atom is -0.492 e. The summed E-state index contributed by atoms with van der Waals surface area (Å²) in [6.45, 7) is 0.541. The molecular formula is C11H9BrO4. The molecule has 0 spiro atoms. The predicted octanol–water partition coefficient (Wildman–Crippen LogP) is 2.04. The molecule has 1 heterocycles. The van der Waals surface area contributed by atoms with Crippen molar-refractivity contribution < 1.29 is 19.4 Å². The van der Waals surface area contributed by atoms with Crippen LogP contribution in [0.5, 0.6) is 5.75 Å². The van der Waals surface area contributed by atoms with Crippen molar-refractivity contribution in [3.05, 3.63) is 27.7 Å². The molecule has 0 radical (unpaired) electrons. The number of benzene rings is 1. The number of ether oxygens (including phenoxy) is 1. The zero-order chi connectivity index (χ0) is 11.7. The van der Waals surface area contributed by atoms with E-state index in [1.54, 1.807) is 6.07 Å². The second-order valence-corrected chi connectivity index (χ2v) is 4.45. The van der Waals surface area contributed by atoms with Crippen molar-refractivity contribution in [1.29, 1.82) is 0 Å². The van der Waals surface area contributed by atoms with Crippen molar-refractivity contribution >= 4 is 27.7 Å². The smallest absolute Gasteiger partial charge is 0.311 e. The third-order valence-electron chi connectivity index (χ3n) is 2.36. The molecule has 1 N–H and O–H groups in total. The Labute approximate surface area is 100 Å². The molecule has 0 bridgehead atoms. The first-order valence-electron chi connectivity index (χ1n) is 4.78. The molecule has 0 saturated heterocycles. The zero-order valence-corrected chi connectivity index (χ0v) is 9.91. The summed E-state index contributed by atoms with van der Waals surface area (Å²) in [5.74, 6) is -1.02. The topological polar surface area (TPSA) is 63.6 Å². The molecule has 0 saturated carbocycles. The number of carboxylic acids is 1. The number of carbonyl (C=O) groups is 2. The van der Waals surface area contributed by atoms with Gasteiger partial charge in [0.05, 0.1) is 12.2 Å². The number of hydrogen-bond acceptors (Lipinski definition) is 3. The van der Waals surface area contributed by atoms with Gasteiger partial charge in [-0.3, -0.25) is 9.59 Å². The molecule has 4 nitrogen and oxygen atoms in total. The van der Waals surface area contributed by atoms with Crippen molar-refractivity contribution in [1.82, 2.24) is 0 Å². The lowest BCUT2D eigenvalue weighted by atomic mass is 10.0. The molecule has 0 aromatic heterocycles. The van der Waals surface area contributed by atoms with E-state index in [1.807, 2.05) is 6.07 Å². The van der Waals surface area contributed by atoms with Gasteiger partial charge in [-0.2, -0.15) is 0 Å². The third kappa shape index (κ3) is 2.09. The lowest BCUT2D eigenvalue weighted by molar-refractivity contribution is -0.135. The molecule has 5 heteroatoms. The number of carboxylic acid groups (broad SMARTS) is 1. The highest BCUT2D eigenvalue weighted by Crippen LogP contribution is 2.33. The minimum atomic E-state index is -1.13. The average molecular weight is 285 g/mol. The van der Waals surface area contributed by atoms with E-state index < -0.39 is 18.2 Å². The summed E-state index contributed by atoms with van der Waals surface area (Å²) in [6.07, 6.45) is 0.244. The summed E-state index contributed by atoms with van der Waals surface area (Å²) in [6, 6.07) is 3.50. The first-order chi connectivity index (χ1) is 7.58. The maximum absolute atomic E-state index is 11.7. The van der Waals surface area contributed by atoms with Crippen LogP contribution in [0.2, 0.25) is 0 Å². The van der Waals surface area contributed by atoms with Crippen LogP contribution in [0.25, 0.3) is 0 Å². The van der Waals surface area contributed by atoms with Gasteiger partial charge in [0.1, 0.15) is 12.2 Å². The van der Waals surface area contributed by atoms with Crippen LogP contribution in [-0.2, 0) is 11.2 Å². The molecule has 0 unspecified atom stereocenters. The first kappa shape index (κ1) is 11.1. The molecule has 84 valence electrons. The maximum Gasteiger partial charge on any atom is 0.311 e. The van der Waals surface area contributed by atoms with Crippen molar-refractivity contribution in [2.75, 3.05) is 6.61 Å². The van der Waals surface area contributed by atoms with Gasteiger partial charge in [-0.05, 0) is 17.7 Å². The largest absolute Gasteiger partial charge is 0.492 e. The van der Waals surface area contributed by atoms with E-state index in [4.69, 9.17) is 9.84 Å². The van der Waals surface area contributed by atoms with Gasteiger partial charge in [0, 0.05) is 10.9 Å². The van der Waals surface area contributed by atoms with Crippen LogP contribution in [0.3, 0.4) is 0 Å². The van der Waals surface area contributed by atoms with E-state index in [0.717, 1.165) is 16.5 Å². The number of fused-ring (bicyclic) bond motifs is 1. The first-order valence-corrected chi connectivity index (χ1v) is 5.57. The standard InChI is InChI=1S/C11H9BrO4/c12-7-3-6-1-2-16-11(6)8(4-7)9(13)5-10(14)15/h3-4H,1-2,5H2,(H,14,15). The second-order valence-electron chi connectivity index (χ2n) is 3.53. The molecule has 0 fully saturated rings. The number of halogens is 1. The van der Waals surface area contributed by atoms with E-state index in [9.17, 15) is 9.59 Å².